The summed E-state index contributed by atoms with van der Waals surface area (Å²) in [7, 11) is 4.22. The number of aliphatic hydroxyl groups excluding tert-OH is 1. The molecule has 0 bridgehead atoms. The summed E-state index contributed by atoms with van der Waals surface area (Å²) in [4.78, 5) is 11.7. The molecule has 1 aromatic carbocycles. The molecule has 1 aliphatic heterocycles. The predicted molar refractivity (Wildman–Crippen MR) is 113 cm³/mol. The van der Waals surface area contributed by atoms with E-state index < -0.39 is 0 Å². The first-order valence-corrected chi connectivity index (χ1v) is 10.3. The molecule has 0 amide bonds. The molecule has 154 valence electrons. The third kappa shape index (κ3) is 5.41. The molecule has 6 heteroatoms. The zero-order chi connectivity index (χ0) is 20.1. The van der Waals surface area contributed by atoms with E-state index in [0.29, 0.717) is 6.54 Å². The van der Waals surface area contributed by atoms with Gasteiger partial charge >= 0.3 is 0 Å². The lowest BCUT2D eigenvalue weighted by Gasteiger charge is -2.33. The van der Waals surface area contributed by atoms with Crippen LogP contribution in [0.5, 0.6) is 0 Å². The van der Waals surface area contributed by atoms with Gasteiger partial charge in [-0.3, -0.25) is 9.80 Å². The van der Waals surface area contributed by atoms with Crippen molar-refractivity contribution in [1.29, 1.82) is 0 Å². The van der Waals surface area contributed by atoms with Crippen LogP contribution in [0, 0.1) is 13.8 Å². The van der Waals surface area contributed by atoms with Gasteiger partial charge in [-0.05, 0) is 37.6 Å². The van der Waals surface area contributed by atoms with Crippen molar-refractivity contribution in [2.24, 2.45) is 7.05 Å². The van der Waals surface area contributed by atoms with Crippen molar-refractivity contribution in [2.75, 3.05) is 46.4 Å². The first kappa shape index (κ1) is 21.0. The van der Waals surface area contributed by atoms with Crippen LogP contribution in [0.25, 0.3) is 0 Å². The average molecular weight is 386 g/mol. The number of nitrogens with zero attached hydrogens (tertiary/aromatic N) is 5. The van der Waals surface area contributed by atoms with Crippen molar-refractivity contribution < 1.29 is 5.11 Å². The predicted octanol–water partition coefficient (Wildman–Crippen LogP) is 1.78. The van der Waals surface area contributed by atoms with Crippen molar-refractivity contribution in [3.8, 4) is 0 Å². The molecule has 2 heterocycles. The quantitative estimate of drug-likeness (QED) is 0.751. The number of imidazole rings is 1. The second kappa shape index (κ2) is 9.65. The summed E-state index contributed by atoms with van der Waals surface area (Å²) >= 11 is 0. The molecule has 0 atom stereocenters. The maximum atomic E-state index is 9.55. The van der Waals surface area contributed by atoms with Crippen molar-refractivity contribution in [2.45, 2.75) is 33.5 Å². The number of rotatable bonds is 8. The number of likely N-dealkylation sites (N-methyl/N-ethyl adjacent to an activating group) is 1. The number of benzene rings is 1. The molecule has 0 radical (unpaired) electrons. The molecule has 1 aromatic heterocycles. The third-order valence-electron chi connectivity index (χ3n) is 5.85. The fourth-order valence-corrected chi connectivity index (χ4v) is 3.93. The molecule has 0 saturated carbocycles. The number of piperazine rings is 1. The van der Waals surface area contributed by atoms with E-state index >= 15 is 0 Å². The molecule has 1 N–H and O–H groups in total. The van der Waals surface area contributed by atoms with Gasteiger partial charge in [0.25, 0.3) is 0 Å². The average Bonchev–Trinajstić information content (AvgIpc) is 3.05. The highest BCUT2D eigenvalue weighted by atomic mass is 16.3. The van der Waals surface area contributed by atoms with Crippen molar-refractivity contribution in [1.82, 2.24) is 24.3 Å². The Bertz CT molecular complexity index is 764. The monoisotopic (exact) mass is 385 g/mol. The number of aryl methyl sites for hydroxylation is 2. The first-order chi connectivity index (χ1) is 13.5. The highest BCUT2D eigenvalue weighted by Crippen LogP contribution is 2.21. The van der Waals surface area contributed by atoms with E-state index in [1.807, 2.05) is 24.0 Å². The molecular formula is C22H35N5O. The molecule has 1 saturated heterocycles. The first-order valence-electron chi connectivity index (χ1n) is 10.3. The van der Waals surface area contributed by atoms with E-state index in [1.54, 1.807) is 0 Å². The van der Waals surface area contributed by atoms with Crippen LogP contribution in [0.4, 0.5) is 0 Å². The van der Waals surface area contributed by atoms with Gasteiger partial charge in [-0.1, -0.05) is 17.7 Å². The van der Waals surface area contributed by atoms with Crippen LogP contribution in [0.1, 0.15) is 28.1 Å². The van der Waals surface area contributed by atoms with Crippen LogP contribution in [0.3, 0.4) is 0 Å². The van der Waals surface area contributed by atoms with E-state index in [1.165, 1.54) is 22.3 Å². The maximum Gasteiger partial charge on any atom is 0.122 e. The van der Waals surface area contributed by atoms with Gasteiger partial charge in [-0.25, -0.2) is 4.98 Å². The molecule has 3 rings (SSSR count). The van der Waals surface area contributed by atoms with Crippen LogP contribution >= 0.6 is 0 Å². The summed E-state index contributed by atoms with van der Waals surface area (Å²) in [6.07, 6.45) is 3.80. The molecule has 28 heavy (non-hydrogen) atoms. The lowest BCUT2D eigenvalue weighted by molar-refractivity contribution is 0.148. The second-order valence-corrected chi connectivity index (χ2v) is 8.18. The fraction of sp³-hybridized carbons (Fsp3) is 0.591. The Morgan fingerprint density at radius 3 is 2.39 bits per heavy atom. The van der Waals surface area contributed by atoms with E-state index in [-0.39, 0.29) is 6.61 Å². The number of aromatic nitrogens is 2. The number of aliphatic hydroxyl groups is 1. The smallest absolute Gasteiger partial charge is 0.122 e. The normalized spacial score (nSPS) is 16.2. The Morgan fingerprint density at radius 2 is 1.75 bits per heavy atom. The minimum atomic E-state index is 0.156. The van der Waals surface area contributed by atoms with Gasteiger partial charge in [0.2, 0.25) is 0 Å². The number of hydrogen-bond acceptors (Lipinski definition) is 5. The third-order valence-corrected chi connectivity index (χ3v) is 5.85. The van der Waals surface area contributed by atoms with Gasteiger partial charge in [-0.15, -0.1) is 0 Å². The van der Waals surface area contributed by atoms with Gasteiger partial charge in [0.1, 0.15) is 5.82 Å². The summed E-state index contributed by atoms with van der Waals surface area (Å²) in [5.41, 5.74) is 5.48. The van der Waals surface area contributed by atoms with Crippen LogP contribution in [-0.4, -0.2) is 75.7 Å². The zero-order valence-electron chi connectivity index (χ0n) is 17.9. The molecule has 6 nitrogen and oxygen atoms in total. The maximum absolute atomic E-state index is 9.55. The van der Waals surface area contributed by atoms with E-state index in [9.17, 15) is 5.11 Å². The van der Waals surface area contributed by atoms with Crippen LogP contribution in [0.15, 0.2) is 24.5 Å². The van der Waals surface area contributed by atoms with Gasteiger partial charge < -0.3 is 14.6 Å². The lowest BCUT2D eigenvalue weighted by atomic mass is 9.98. The van der Waals surface area contributed by atoms with Crippen LogP contribution in [-0.2, 0) is 26.7 Å². The molecule has 0 spiro atoms. The molecule has 0 unspecified atom stereocenters. The molecular weight excluding hydrogens is 350 g/mol. The van der Waals surface area contributed by atoms with Gasteiger partial charge in [0.15, 0.2) is 0 Å². The van der Waals surface area contributed by atoms with Crippen molar-refractivity contribution >= 4 is 0 Å². The van der Waals surface area contributed by atoms with Gasteiger partial charge in [0.05, 0.1) is 13.2 Å². The summed E-state index contributed by atoms with van der Waals surface area (Å²) in [5.74, 6) is 1.02. The Labute approximate surface area is 169 Å². The van der Waals surface area contributed by atoms with Gasteiger partial charge in [-0.2, -0.15) is 0 Å². The van der Waals surface area contributed by atoms with Crippen LogP contribution in [0.2, 0.25) is 0 Å². The lowest BCUT2D eigenvalue weighted by Crippen LogP contribution is -2.44. The highest BCUT2D eigenvalue weighted by molar-refractivity contribution is 5.38. The van der Waals surface area contributed by atoms with Crippen LogP contribution < -0.4 is 0 Å². The topological polar surface area (TPSA) is 47.8 Å². The standard InChI is InChI=1S/C22H35N5O/c1-18-13-20(15-26-9-7-24(3)8-10-26)19(2)21(14-18)16-27(11-12-28)17-22-23-5-6-25(22)4/h5-6,13-14,28H,7-12,15-17H2,1-4H3. The van der Waals surface area contributed by atoms with E-state index in [0.717, 1.165) is 51.6 Å². The summed E-state index contributed by atoms with van der Waals surface area (Å²) in [6.45, 7) is 12.4. The Kier molecular flexibility index (Phi) is 7.24. The molecule has 2 aromatic rings. The van der Waals surface area contributed by atoms with E-state index in [2.05, 4.69) is 52.7 Å². The Hall–Kier alpha value is -1.73. The molecule has 0 aliphatic carbocycles. The Balaban J connectivity index is 1.74. The van der Waals surface area contributed by atoms with E-state index in [4.69, 9.17) is 0 Å². The molecule has 1 aliphatic rings. The largest absolute Gasteiger partial charge is 0.395 e. The number of hydrogen-bond donors (Lipinski definition) is 1. The second-order valence-electron chi connectivity index (χ2n) is 8.18. The minimum Gasteiger partial charge on any atom is -0.395 e. The Morgan fingerprint density at radius 1 is 1.04 bits per heavy atom. The highest BCUT2D eigenvalue weighted by Gasteiger charge is 2.17. The summed E-state index contributed by atoms with van der Waals surface area (Å²) in [5, 5.41) is 9.55. The van der Waals surface area contributed by atoms with Crippen molar-refractivity contribution in [3.63, 3.8) is 0 Å². The molecule has 1 fully saturated rings. The van der Waals surface area contributed by atoms with Gasteiger partial charge in [0, 0.05) is 65.3 Å². The minimum absolute atomic E-state index is 0.156. The van der Waals surface area contributed by atoms with Crippen molar-refractivity contribution in [3.05, 3.63) is 52.6 Å². The fourth-order valence-electron chi connectivity index (χ4n) is 3.93. The summed E-state index contributed by atoms with van der Waals surface area (Å²) < 4.78 is 2.05. The summed E-state index contributed by atoms with van der Waals surface area (Å²) in [6, 6.07) is 4.64. The SMILES string of the molecule is Cc1cc(CN2CCN(C)CC2)c(C)c(CN(CCO)Cc2nccn2C)c1. The zero-order valence-corrected chi connectivity index (χ0v) is 17.9.